The van der Waals surface area contributed by atoms with E-state index < -0.39 is 25.9 Å². The third-order valence-corrected chi connectivity index (χ3v) is 6.85. The fourth-order valence-electron chi connectivity index (χ4n) is 2.42. The zero-order valence-electron chi connectivity index (χ0n) is 16.6. The zero-order valence-corrected chi connectivity index (χ0v) is 18.3. The molecule has 1 aromatic heterocycles. The predicted octanol–water partition coefficient (Wildman–Crippen LogP) is 3.05. The Morgan fingerprint density at radius 2 is 1.61 bits per heavy atom. The lowest BCUT2D eigenvalue weighted by atomic mass is 10.3. The number of halogens is 1. The molecular formula is C19H20FN3O6S2. The molecular weight excluding hydrogens is 449 g/mol. The zero-order chi connectivity index (χ0) is 22.6. The second-order valence-corrected chi connectivity index (χ2v) is 10.1. The first-order valence-corrected chi connectivity index (χ1v) is 12.1. The van der Waals surface area contributed by atoms with Gasteiger partial charge in [0.05, 0.1) is 10.6 Å². The van der Waals surface area contributed by atoms with Gasteiger partial charge in [0.2, 0.25) is 15.9 Å². The minimum atomic E-state index is -3.94. The molecule has 0 aliphatic rings. The third-order valence-electron chi connectivity index (χ3n) is 4.26. The van der Waals surface area contributed by atoms with Crippen molar-refractivity contribution in [3.63, 3.8) is 0 Å². The van der Waals surface area contributed by atoms with E-state index in [1.807, 2.05) is 0 Å². The quantitative estimate of drug-likeness (QED) is 0.493. The number of aryl methyl sites for hydroxylation is 1. The van der Waals surface area contributed by atoms with Crippen LogP contribution in [0.25, 0.3) is 0 Å². The maximum absolute atomic E-state index is 12.9. The minimum Gasteiger partial charge on any atom is -0.492 e. The van der Waals surface area contributed by atoms with Crippen molar-refractivity contribution in [2.75, 3.05) is 21.8 Å². The van der Waals surface area contributed by atoms with Crippen molar-refractivity contribution in [2.24, 2.45) is 0 Å². The van der Waals surface area contributed by atoms with Crippen LogP contribution in [0.2, 0.25) is 0 Å². The molecule has 3 aromatic rings. The van der Waals surface area contributed by atoms with Crippen LogP contribution in [0.1, 0.15) is 11.3 Å². The lowest BCUT2D eigenvalue weighted by molar-refractivity contribution is 0.340. The van der Waals surface area contributed by atoms with Gasteiger partial charge in [-0.05, 0) is 62.4 Å². The lowest BCUT2D eigenvalue weighted by Crippen LogP contribution is -2.21. The number of rotatable bonds is 9. The highest BCUT2D eigenvalue weighted by Crippen LogP contribution is 2.23. The van der Waals surface area contributed by atoms with Gasteiger partial charge in [-0.3, -0.25) is 4.72 Å². The van der Waals surface area contributed by atoms with E-state index in [1.165, 1.54) is 48.5 Å². The average Bonchev–Trinajstić information content (AvgIpc) is 3.01. The van der Waals surface area contributed by atoms with Gasteiger partial charge < -0.3 is 9.26 Å². The molecule has 2 aromatic carbocycles. The Balaban J connectivity index is 1.59. The molecule has 0 aliphatic heterocycles. The summed E-state index contributed by atoms with van der Waals surface area (Å²) in [7, 11) is -7.69. The standard InChI is InChI=1S/C19H20FN3O6S2/c1-13-14(2)21-29-19(13)23-31(26,27)18-9-5-16(6-10-18)22-30(24,25)12-11-28-17-7-3-15(20)4-8-17/h3-10,22-23H,11-12H2,1-2H3. The Bertz CT molecular complexity index is 1250. The predicted molar refractivity (Wildman–Crippen MR) is 113 cm³/mol. The van der Waals surface area contributed by atoms with E-state index in [9.17, 15) is 21.2 Å². The summed E-state index contributed by atoms with van der Waals surface area (Å²) in [5.74, 6) is -0.413. The molecule has 2 N–H and O–H groups in total. The van der Waals surface area contributed by atoms with Crippen LogP contribution in [0, 0.1) is 19.7 Å². The molecule has 0 fully saturated rings. The van der Waals surface area contributed by atoms with Crippen LogP contribution in [0.4, 0.5) is 16.0 Å². The number of hydrogen-bond donors (Lipinski definition) is 2. The topological polar surface area (TPSA) is 128 Å². The summed E-state index contributed by atoms with van der Waals surface area (Å²) in [5, 5.41) is 3.69. The molecule has 0 saturated carbocycles. The SMILES string of the molecule is Cc1noc(NS(=O)(=O)c2ccc(NS(=O)(=O)CCOc3ccc(F)cc3)cc2)c1C. The Hall–Kier alpha value is -3.12. The monoisotopic (exact) mass is 469 g/mol. The number of anilines is 2. The number of nitrogens with zero attached hydrogens (tertiary/aromatic N) is 1. The van der Waals surface area contributed by atoms with Crippen molar-refractivity contribution in [3.8, 4) is 5.75 Å². The van der Waals surface area contributed by atoms with E-state index in [2.05, 4.69) is 14.6 Å². The highest BCUT2D eigenvalue weighted by Gasteiger charge is 2.19. The van der Waals surface area contributed by atoms with Gasteiger partial charge >= 0.3 is 0 Å². The van der Waals surface area contributed by atoms with Crippen molar-refractivity contribution in [2.45, 2.75) is 18.7 Å². The summed E-state index contributed by atoms with van der Waals surface area (Å²) in [6.07, 6.45) is 0. The third kappa shape index (κ3) is 5.95. The molecule has 0 spiro atoms. The molecule has 0 atom stereocenters. The van der Waals surface area contributed by atoms with E-state index in [4.69, 9.17) is 9.26 Å². The van der Waals surface area contributed by atoms with E-state index in [0.717, 1.165) is 0 Å². The largest absolute Gasteiger partial charge is 0.492 e. The highest BCUT2D eigenvalue weighted by molar-refractivity contribution is 7.93. The number of benzene rings is 2. The van der Waals surface area contributed by atoms with Gasteiger partial charge in [0.15, 0.2) is 0 Å². The number of sulfonamides is 2. The molecule has 0 bridgehead atoms. The van der Waals surface area contributed by atoms with Crippen molar-refractivity contribution in [3.05, 3.63) is 65.6 Å². The van der Waals surface area contributed by atoms with Crippen LogP contribution >= 0.6 is 0 Å². The maximum Gasteiger partial charge on any atom is 0.264 e. The first-order chi connectivity index (χ1) is 14.6. The number of nitrogens with one attached hydrogen (secondary N) is 2. The summed E-state index contributed by atoms with van der Waals surface area (Å²) in [5.41, 5.74) is 1.31. The smallest absolute Gasteiger partial charge is 0.264 e. The van der Waals surface area contributed by atoms with Crippen molar-refractivity contribution in [1.29, 1.82) is 0 Å². The molecule has 9 nitrogen and oxygen atoms in total. The molecule has 0 aliphatic carbocycles. The highest BCUT2D eigenvalue weighted by atomic mass is 32.2. The summed E-state index contributed by atoms with van der Waals surface area (Å²) in [6, 6.07) is 10.4. The molecule has 0 radical (unpaired) electrons. The lowest BCUT2D eigenvalue weighted by Gasteiger charge is -2.10. The van der Waals surface area contributed by atoms with Gasteiger partial charge in [-0.2, -0.15) is 0 Å². The Labute approximate surface area is 179 Å². The Kier molecular flexibility index (Phi) is 6.51. The van der Waals surface area contributed by atoms with E-state index in [0.29, 0.717) is 17.0 Å². The second kappa shape index (κ2) is 8.94. The summed E-state index contributed by atoms with van der Waals surface area (Å²) >= 11 is 0. The molecule has 0 amide bonds. The first-order valence-electron chi connectivity index (χ1n) is 9.00. The van der Waals surface area contributed by atoms with Gasteiger partial charge in [-0.15, -0.1) is 0 Å². The van der Waals surface area contributed by atoms with Gasteiger partial charge in [-0.1, -0.05) is 5.16 Å². The summed E-state index contributed by atoms with van der Waals surface area (Å²) in [4.78, 5) is -0.0801. The number of ether oxygens (including phenoxy) is 1. The molecule has 3 rings (SSSR count). The van der Waals surface area contributed by atoms with E-state index in [1.54, 1.807) is 13.8 Å². The van der Waals surface area contributed by atoms with Crippen molar-refractivity contribution < 1.29 is 30.5 Å². The molecule has 0 saturated heterocycles. The first kappa shape index (κ1) is 22.6. The van der Waals surface area contributed by atoms with Gasteiger partial charge in [0.1, 0.15) is 23.9 Å². The Morgan fingerprint density at radius 1 is 0.968 bits per heavy atom. The van der Waals surface area contributed by atoms with Gasteiger partial charge in [-0.25, -0.2) is 25.9 Å². The Morgan fingerprint density at radius 3 is 2.19 bits per heavy atom. The van der Waals surface area contributed by atoms with Crippen LogP contribution in [0.3, 0.4) is 0 Å². The van der Waals surface area contributed by atoms with Crippen LogP contribution in [-0.2, 0) is 20.0 Å². The number of hydrogen-bond acceptors (Lipinski definition) is 7. The fourth-order valence-corrected chi connectivity index (χ4v) is 4.37. The van der Waals surface area contributed by atoms with Gasteiger partial charge in [0.25, 0.3) is 10.0 Å². The minimum absolute atomic E-state index is 0.0171. The van der Waals surface area contributed by atoms with Crippen molar-refractivity contribution >= 4 is 31.6 Å². The second-order valence-electron chi connectivity index (χ2n) is 6.58. The van der Waals surface area contributed by atoms with Crippen LogP contribution < -0.4 is 14.2 Å². The van der Waals surface area contributed by atoms with Gasteiger partial charge in [0, 0.05) is 11.3 Å². The van der Waals surface area contributed by atoms with Crippen molar-refractivity contribution in [1.82, 2.24) is 5.16 Å². The fraction of sp³-hybridized carbons (Fsp3) is 0.211. The normalized spacial score (nSPS) is 11.8. The molecule has 12 heteroatoms. The molecule has 1 heterocycles. The summed E-state index contributed by atoms with van der Waals surface area (Å²) < 4.78 is 77.1. The average molecular weight is 470 g/mol. The molecule has 0 unspecified atom stereocenters. The molecule has 31 heavy (non-hydrogen) atoms. The number of aromatic nitrogens is 1. The summed E-state index contributed by atoms with van der Waals surface area (Å²) in [6.45, 7) is 3.21. The molecule has 166 valence electrons. The van der Waals surface area contributed by atoms with Crippen LogP contribution in [0.5, 0.6) is 5.75 Å². The maximum atomic E-state index is 12.9. The van der Waals surface area contributed by atoms with E-state index >= 15 is 0 Å². The van der Waals surface area contributed by atoms with E-state index in [-0.39, 0.29) is 28.8 Å². The van der Waals surface area contributed by atoms with Crippen LogP contribution in [0.15, 0.2) is 57.9 Å². The van der Waals surface area contributed by atoms with Crippen LogP contribution in [-0.4, -0.2) is 34.4 Å².